The first-order chi connectivity index (χ1) is 6.15. The maximum atomic E-state index is 5.75. The number of hydrogen-bond acceptors (Lipinski definition) is 2. The van der Waals surface area contributed by atoms with E-state index in [4.69, 9.17) is 5.73 Å². The van der Waals surface area contributed by atoms with E-state index < -0.39 is 0 Å². The van der Waals surface area contributed by atoms with Gasteiger partial charge < -0.3 is 5.73 Å². The van der Waals surface area contributed by atoms with Gasteiger partial charge in [-0.3, -0.25) is 4.68 Å². The van der Waals surface area contributed by atoms with Crippen LogP contribution in [0.4, 0.5) is 0 Å². The van der Waals surface area contributed by atoms with Gasteiger partial charge in [0.2, 0.25) is 0 Å². The largest absolute Gasteiger partial charge is 0.324 e. The highest BCUT2D eigenvalue weighted by atomic mass is 15.3. The summed E-state index contributed by atoms with van der Waals surface area (Å²) in [5, 5.41) is 4.18. The van der Waals surface area contributed by atoms with Crippen LogP contribution in [0.3, 0.4) is 0 Å². The molecule has 1 heterocycles. The first-order valence-corrected chi connectivity index (χ1v) is 4.60. The summed E-state index contributed by atoms with van der Waals surface area (Å²) in [4.78, 5) is 0. The quantitative estimate of drug-likeness (QED) is 0.766. The molecule has 0 saturated carbocycles. The standard InChI is InChI=1S/C10H17N3/c1-4-13-10(5-6-12-13)7-8(2)9(3)11/h5-7,9H,4,11H2,1-3H3/b8-7-. The fourth-order valence-electron chi connectivity index (χ4n) is 1.09. The van der Waals surface area contributed by atoms with Crippen molar-refractivity contribution in [3.8, 4) is 0 Å². The van der Waals surface area contributed by atoms with E-state index in [1.165, 1.54) is 5.57 Å². The molecule has 0 aliphatic carbocycles. The maximum absolute atomic E-state index is 5.75. The lowest BCUT2D eigenvalue weighted by Gasteiger charge is -2.05. The number of nitrogens with two attached hydrogens (primary N) is 1. The van der Waals surface area contributed by atoms with Gasteiger partial charge in [0.25, 0.3) is 0 Å². The molecule has 0 aromatic carbocycles. The lowest BCUT2D eigenvalue weighted by atomic mass is 10.1. The van der Waals surface area contributed by atoms with Crippen molar-refractivity contribution in [1.82, 2.24) is 9.78 Å². The Kier molecular flexibility index (Phi) is 3.25. The molecule has 0 spiro atoms. The van der Waals surface area contributed by atoms with Gasteiger partial charge in [-0.15, -0.1) is 0 Å². The molecule has 1 atom stereocenters. The molecule has 2 N–H and O–H groups in total. The van der Waals surface area contributed by atoms with E-state index in [0.717, 1.165) is 12.2 Å². The van der Waals surface area contributed by atoms with Crippen molar-refractivity contribution in [2.24, 2.45) is 5.73 Å². The number of aromatic nitrogens is 2. The van der Waals surface area contributed by atoms with Crippen molar-refractivity contribution in [3.05, 3.63) is 23.5 Å². The fourth-order valence-corrected chi connectivity index (χ4v) is 1.09. The van der Waals surface area contributed by atoms with Crippen LogP contribution in [0.15, 0.2) is 17.8 Å². The van der Waals surface area contributed by atoms with Gasteiger partial charge in [0.1, 0.15) is 0 Å². The monoisotopic (exact) mass is 179 g/mol. The molecule has 0 bridgehead atoms. The zero-order valence-electron chi connectivity index (χ0n) is 8.49. The van der Waals surface area contributed by atoms with Crippen LogP contribution in [-0.4, -0.2) is 15.8 Å². The molecule has 1 unspecified atom stereocenters. The van der Waals surface area contributed by atoms with Gasteiger partial charge in [0.15, 0.2) is 0 Å². The molecular formula is C10H17N3. The normalized spacial score (nSPS) is 14.6. The highest BCUT2D eigenvalue weighted by molar-refractivity contribution is 5.49. The maximum Gasteiger partial charge on any atom is 0.0609 e. The van der Waals surface area contributed by atoms with Gasteiger partial charge in [-0.1, -0.05) is 5.57 Å². The molecule has 1 aromatic heterocycles. The van der Waals surface area contributed by atoms with Crippen molar-refractivity contribution in [2.45, 2.75) is 33.4 Å². The van der Waals surface area contributed by atoms with Gasteiger partial charge in [0.05, 0.1) is 5.69 Å². The molecular weight excluding hydrogens is 162 g/mol. The van der Waals surface area contributed by atoms with Crippen molar-refractivity contribution in [2.75, 3.05) is 0 Å². The summed E-state index contributed by atoms with van der Waals surface area (Å²) < 4.78 is 1.95. The van der Waals surface area contributed by atoms with E-state index >= 15 is 0 Å². The Morgan fingerprint density at radius 2 is 2.46 bits per heavy atom. The molecule has 0 fully saturated rings. The van der Waals surface area contributed by atoms with Crippen LogP contribution in [0.1, 0.15) is 26.5 Å². The van der Waals surface area contributed by atoms with Crippen LogP contribution in [0, 0.1) is 0 Å². The number of nitrogens with zero attached hydrogens (tertiary/aromatic N) is 2. The van der Waals surface area contributed by atoms with Crippen LogP contribution < -0.4 is 5.73 Å². The Hall–Kier alpha value is -1.09. The summed E-state index contributed by atoms with van der Waals surface area (Å²) in [7, 11) is 0. The third kappa shape index (κ3) is 2.42. The Labute approximate surface area is 79.2 Å². The van der Waals surface area contributed by atoms with Crippen molar-refractivity contribution < 1.29 is 0 Å². The summed E-state index contributed by atoms with van der Waals surface area (Å²) in [6, 6.07) is 2.11. The van der Waals surface area contributed by atoms with Crippen molar-refractivity contribution in [1.29, 1.82) is 0 Å². The second-order valence-corrected chi connectivity index (χ2v) is 3.25. The zero-order valence-corrected chi connectivity index (χ0v) is 8.49. The predicted molar refractivity (Wildman–Crippen MR) is 55.2 cm³/mol. The van der Waals surface area contributed by atoms with Crippen molar-refractivity contribution >= 4 is 6.08 Å². The molecule has 0 aliphatic heterocycles. The van der Waals surface area contributed by atoms with E-state index in [0.29, 0.717) is 0 Å². The van der Waals surface area contributed by atoms with Gasteiger partial charge in [0, 0.05) is 18.8 Å². The highest BCUT2D eigenvalue weighted by Crippen LogP contribution is 2.07. The lowest BCUT2D eigenvalue weighted by molar-refractivity contribution is 0.653. The predicted octanol–water partition coefficient (Wildman–Crippen LogP) is 1.65. The minimum Gasteiger partial charge on any atom is -0.324 e. The number of aryl methyl sites for hydroxylation is 1. The van der Waals surface area contributed by atoms with E-state index in [2.05, 4.69) is 18.1 Å². The van der Waals surface area contributed by atoms with Gasteiger partial charge in [-0.05, 0) is 32.9 Å². The number of rotatable bonds is 3. The lowest BCUT2D eigenvalue weighted by Crippen LogP contribution is -2.16. The topological polar surface area (TPSA) is 43.8 Å². The summed E-state index contributed by atoms with van der Waals surface area (Å²) in [6.45, 7) is 6.99. The Morgan fingerprint density at radius 3 is 3.00 bits per heavy atom. The van der Waals surface area contributed by atoms with Gasteiger partial charge in [-0.2, -0.15) is 5.10 Å². The second kappa shape index (κ2) is 4.23. The Morgan fingerprint density at radius 1 is 1.77 bits per heavy atom. The van der Waals surface area contributed by atoms with Crippen LogP contribution in [0.5, 0.6) is 0 Å². The minimum absolute atomic E-state index is 0.111. The average molecular weight is 179 g/mol. The molecule has 0 aliphatic rings. The molecule has 0 radical (unpaired) electrons. The van der Waals surface area contributed by atoms with Crippen LogP contribution in [0.2, 0.25) is 0 Å². The molecule has 3 heteroatoms. The van der Waals surface area contributed by atoms with Crippen molar-refractivity contribution in [3.63, 3.8) is 0 Å². The van der Waals surface area contributed by atoms with Gasteiger partial charge in [-0.25, -0.2) is 0 Å². The van der Waals surface area contributed by atoms with E-state index in [1.54, 1.807) is 0 Å². The van der Waals surface area contributed by atoms with Crippen LogP contribution >= 0.6 is 0 Å². The van der Waals surface area contributed by atoms with E-state index in [1.807, 2.05) is 30.8 Å². The molecule has 72 valence electrons. The first kappa shape index (κ1) is 9.99. The smallest absolute Gasteiger partial charge is 0.0609 e. The van der Waals surface area contributed by atoms with Crippen LogP contribution in [-0.2, 0) is 6.54 Å². The summed E-state index contributed by atoms with van der Waals surface area (Å²) in [5.41, 5.74) is 8.04. The Bertz CT molecular complexity index is 297. The first-order valence-electron chi connectivity index (χ1n) is 4.60. The second-order valence-electron chi connectivity index (χ2n) is 3.25. The minimum atomic E-state index is 0.111. The fraction of sp³-hybridized carbons (Fsp3) is 0.500. The summed E-state index contributed by atoms with van der Waals surface area (Å²) >= 11 is 0. The molecule has 13 heavy (non-hydrogen) atoms. The molecule has 3 nitrogen and oxygen atoms in total. The third-order valence-electron chi connectivity index (χ3n) is 2.14. The molecule has 1 rings (SSSR count). The van der Waals surface area contributed by atoms with E-state index in [9.17, 15) is 0 Å². The zero-order chi connectivity index (χ0) is 9.84. The molecule has 0 amide bonds. The molecule has 1 aromatic rings. The third-order valence-corrected chi connectivity index (χ3v) is 2.14. The summed E-state index contributed by atoms with van der Waals surface area (Å²) in [5.74, 6) is 0. The highest BCUT2D eigenvalue weighted by Gasteiger charge is 2.00. The average Bonchev–Trinajstić information content (AvgIpc) is 2.51. The van der Waals surface area contributed by atoms with Gasteiger partial charge >= 0.3 is 0 Å². The van der Waals surface area contributed by atoms with E-state index in [-0.39, 0.29) is 6.04 Å². The Balaban J connectivity index is 2.89. The van der Waals surface area contributed by atoms with Crippen LogP contribution in [0.25, 0.3) is 6.08 Å². The summed E-state index contributed by atoms with van der Waals surface area (Å²) in [6.07, 6.45) is 3.89. The number of hydrogen-bond donors (Lipinski definition) is 1. The molecule has 0 saturated heterocycles. The SMILES string of the molecule is CCn1nccc1/C=C(/C)C(C)N.